The lowest BCUT2D eigenvalue weighted by Crippen LogP contribution is -2.24. The van der Waals surface area contributed by atoms with E-state index in [4.69, 9.17) is 9.47 Å². The molecule has 0 bridgehead atoms. The van der Waals surface area contributed by atoms with Crippen LogP contribution in [0.1, 0.15) is 42.6 Å². The van der Waals surface area contributed by atoms with Crippen LogP contribution in [-0.2, 0) is 11.2 Å². The average molecular weight is 325 g/mol. The highest BCUT2D eigenvalue weighted by molar-refractivity contribution is 9.09. The highest BCUT2D eigenvalue weighted by Crippen LogP contribution is 2.41. The normalized spacial score (nSPS) is 23.7. The summed E-state index contributed by atoms with van der Waals surface area (Å²) < 4.78 is 11.4. The lowest BCUT2D eigenvalue weighted by molar-refractivity contribution is 0.0662. The molecule has 1 unspecified atom stereocenters. The predicted octanol–water partition coefficient (Wildman–Crippen LogP) is 4.26. The quantitative estimate of drug-likeness (QED) is 0.756. The predicted molar refractivity (Wildman–Crippen MR) is 80.1 cm³/mol. The van der Waals surface area contributed by atoms with E-state index in [-0.39, 0.29) is 5.60 Å². The second-order valence-corrected chi connectivity index (χ2v) is 7.24. The van der Waals surface area contributed by atoms with Gasteiger partial charge in [-0.2, -0.15) is 0 Å². The van der Waals surface area contributed by atoms with Crippen molar-refractivity contribution in [3.63, 3.8) is 0 Å². The van der Waals surface area contributed by atoms with Crippen LogP contribution in [0.25, 0.3) is 0 Å². The standard InChI is InChI=1S/C16H21BrO2/c1-16(2)10-13-9-12(3-4-14(13)19-16)15(17)11-5-7-18-8-6-11/h3-4,9,11,15H,5-8,10H2,1-2H3. The minimum Gasteiger partial charge on any atom is -0.487 e. The number of benzene rings is 1. The smallest absolute Gasteiger partial charge is 0.123 e. The van der Waals surface area contributed by atoms with E-state index in [9.17, 15) is 0 Å². The Balaban J connectivity index is 1.79. The van der Waals surface area contributed by atoms with Gasteiger partial charge >= 0.3 is 0 Å². The van der Waals surface area contributed by atoms with E-state index in [2.05, 4.69) is 48.0 Å². The van der Waals surface area contributed by atoms with Crippen LogP contribution in [-0.4, -0.2) is 18.8 Å². The summed E-state index contributed by atoms with van der Waals surface area (Å²) in [5, 5.41) is 0. The van der Waals surface area contributed by atoms with Crippen LogP contribution < -0.4 is 4.74 Å². The number of ether oxygens (including phenoxy) is 2. The fourth-order valence-electron chi connectivity index (χ4n) is 3.08. The van der Waals surface area contributed by atoms with Gasteiger partial charge in [-0.05, 0) is 49.8 Å². The van der Waals surface area contributed by atoms with Crippen molar-refractivity contribution in [2.75, 3.05) is 13.2 Å². The summed E-state index contributed by atoms with van der Waals surface area (Å²) in [6.45, 7) is 6.09. The van der Waals surface area contributed by atoms with Crippen molar-refractivity contribution in [1.82, 2.24) is 0 Å². The van der Waals surface area contributed by atoms with E-state index >= 15 is 0 Å². The number of rotatable bonds is 2. The van der Waals surface area contributed by atoms with Crippen molar-refractivity contribution >= 4 is 15.9 Å². The van der Waals surface area contributed by atoms with Gasteiger partial charge in [-0.1, -0.05) is 28.1 Å². The molecule has 2 heterocycles. The minimum atomic E-state index is -0.0541. The van der Waals surface area contributed by atoms with E-state index < -0.39 is 0 Å². The molecule has 0 saturated carbocycles. The van der Waals surface area contributed by atoms with Gasteiger partial charge in [-0.25, -0.2) is 0 Å². The summed E-state index contributed by atoms with van der Waals surface area (Å²) >= 11 is 3.89. The summed E-state index contributed by atoms with van der Waals surface area (Å²) in [4.78, 5) is 0.436. The van der Waals surface area contributed by atoms with Crippen molar-refractivity contribution in [1.29, 1.82) is 0 Å². The molecule has 1 atom stereocenters. The first-order chi connectivity index (χ1) is 9.05. The Hall–Kier alpha value is -0.540. The Bertz CT molecular complexity index is 464. The van der Waals surface area contributed by atoms with Gasteiger partial charge in [-0.3, -0.25) is 0 Å². The first-order valence-corrected chi connectivity index (χ1v) is 8.00. The van der Waals surface area contributed by atoms with E-state index in [1.165, 1.54) is 11.1 Å². The van der Waals surface area contributed by atoms with Crippen LogP contribution >= 0.6 is 15.9 Å². The topological polar surface area (TPSA) is 18.5 Å². The molecule has 2 aliphatic rings. The van der Waals surface area contributed by atoms with E-state index in [1.54, 1.807) is 0 Å². The number of halogens is 1. The molecule has 1 saturated heterocycles. The third kappa shape index (κ3) is 2.82. The van der Waals surface area contributed by atoms with E-state index in [1.807, 2.05) is 0 Å². The first kappa shape index (κ1) is 13.4. The maximum absolute atomic E-state index is 5.94. The minimum absolute atomic E-state index is 0.0541. The van der Waals surface area contributed by atoms with E-state index in [0.29, 0.717) is 10.7 Å². The molecule has 104 valence electrons. The van der Waals surface area contributed by atoms with Gasteiger partial charge in [0.05, 0.1) is 0 Å². The monoisotopic (exact) mass is 324 g/mol. The van der Waals surface area contributed by atoms with Gasteiger partial charge in [-0.15, -0.1) is 0 Å². The highest BCUT2D eigenvalue weighted by Gasteiger charge is 2.31. The molecular formula is C16H21BrO2. The van der Waals surface area contributed by atoms with Crippen molar-refractivity contribution in [3.05, 3.63) is 29.3 Å². The molecule has 0 spiro atoms. The molecular weight excluding hydrogens is 304 g/mol. The summed E-state index contributed by atoms with van der Waals surface area (Å²) in [6, 6.07) is 6.65. The van der Waals surface area contributed by atoms with Crippen molar-refractivity contribution in [2.24, 2.45) is 5.92 Å². The molecule has 1 aromatic rings. The number of hydrogen-bond acceptors (Lipinski definition) is 2. The Morgan fingerprint density at radius 2 is 2.00 bits per heavy atom. The SMILES string of the molecule is CC1(C)Cc2cc(C(Br)C3CCOCC3)ccc2O1. The Labute approximate surface area is 123 Å². The van der Waals surface area contributed by atoms with E-state index in [0.717, 1.165) is 38.2 Å². The lowest BCUT2D eigenvalue weighted by atomic mass is 9.91. The maximum Gasteiger partial charge on any atom is 0.123 e. The molecule has 1 fully saturated rings. The largest absolute Gasteiger partial charge is 0.487 e. The first-order valence-electron chi connectivity index (χ1n) is 7.09. The van der Waals surface area contributed by atoms with Gasteiger partial charge in [0, 0.05) is 24.5 Å². The molecule has 0 radical (unpaired) electrons. The zero-order chi connectivity index (χ0) is 13.5. The number of alkyl halides is 1. The van der Waals surface area contributed by atoms with Gasteiger partial charge < -0.3 is 9.47 Å². The fraction of sp³-hybridized carbons (Fsp3) is 0.625. The van der Waals surface area contributed by atoms with Gasteiger partial charge in [0.15, 0.2) is 0 Å². The Morgan fingerprint density at radius 3 is 2.74 bits per heavy atom. The van der Waals surface area contributed by atoms with Crippen LogP contribution in [0.3, 0.4) is 0 Å². The molecule has 19 heavy (non-hydrogen) atoms. The summed E-state index contributed by atoms with van der Waals surface area (Å²) in [7, 11) is 0. The maximum atomic E-state index is 5.94. The van der Waals surface area contributed by atoms with Crippen molar-refractivity contribution in [3.8, 4) is 5.75 Å². The average Bonchev–Trinajstić information content (AvgIpc) is 2.71. The summed E-state index contributed by atoms with van der Waals surface area (Å²) in [5.74, 6) is 1.74. The molecule has 3 rings (SSSR count). The number of fused-ring (bicyclic) bond motifs is 1. The molecule has 0 amide bonds. The van der Waals surface area contributed by atoms with Crippen LogP contribution in [0.15, 0.2) is 18.2 Å². The fourth-order valence-corrected chi connectivity index (χ4v) is 3.90. The van der Waals surface area contributed by atoms with Crippen LogP contribution in [0.4, 0.5) is 0 Å². The van der Waals surface area contributed by atoms with Crippen molar-refractivity contribution < 1.29 is 9.47 Å². The third-order valence-electron chi connectivity index (χ3n) is 4.09. The molecule has 2 nitrogen and oxygen atoms in total. The van der Waals surface area contributed by atoms with Crippen LogP contribution in [0.5, 0.6) is 5.75 Å². The van der Waals surface area contributed by atoms with Crippen LogP contribution in [0.2, 0.25) is 0 Å². The molecule has 0 aliphatic carbocycles. The zero-order valence-corrected chi connectivity index (χ0v) is 13.2. The highest BCUT2D eigenvalue weighted by atomic mass is 79.9. The van der Waals surface area contributed by atoms with Gasteiger partial charge in [0.25, 0.3) is 0 Å². The number of hydrogen-bond donors (Lipinski definition) is 0. The summed E-state index contributed by atoms with van der Waals surface area (Å²) in [6.07, 6.45) is 3.30. The molecule has 2 aliphatic heterocycles. The van der Waals surface area contributed by atoms with Gasteiger partial charge in [0.1, 0.15) is 11.4 Å². The van der Waals surface area contributed by atoms with Gasteiger partial charge in [0.2, 0.25) is 0 Å². The third-order valence-corrected chi connectivity index (χ3v) is 5.36. The molecule has 0 aromatic heterocycles. The zero-order valence-electron chi connectivity index (χ0n) is 11.6. The second kappa shape index (κ2) is 5.10. The second-order valence-electron chi connectivity index (χ2n) is 6.26. The molecule has 3 heteroatoms. The lowest BCUT2D eigenvalue weighted by Gasteiger charge is -2.27. The molecule has 0 N–H and O–H groups in total. The molecule has 1 aromatic carbocycles. The summed E-state index contributed by atoms with van der Waals surface area (Å²) in [5.41, 5.74) is 2.67. The Kier molecular flexibility index (Phi) is 3.61. The van der Waals surface area contributed by atoms with Crippen molar-refractivity contribution in [2.45, 2.75) is 43.5 Å². The van der Waals surface area contributed by atoms with Crippen LogP contribution in [0, 0.1) is 5.92 Å². The Morgan fingerprint density at radius 1 is 1.26 bits per heavy atom.